The van der Waals surface area contributed by atoms with Crippen molar-refractivity contribution in [1.29, 1.82) is 5.26 Å². The predicted molar refractivity (Wildman–Crippen MR) is 79.8 cm³/mol. The Morgan fingerprint density at radius 1 is 1.45 bits per heavy atom. The minimum Gasteiger partial charge on any atom is -0.393 e. The van der Waals surface area contributed by atoms with E-state index in [1.165, 1.54) is 11.3 Å². The van der Waals surface area contributed by atoms with Crippen molar-refractivity contribution in [2.24, 2.45) is 0 Å². The number of hydrogen-bond donors (Lipinski definition) is 2. The largest absolute Gasteiger partial charge is 0.393 e. The zero-order chi connectivity index (χ0) is 14.5. The molecule has 0 radical (unpaired) electrons. The van der Waals surface area contributed by atoms with Crippen LogP contribution in [-0.4, -0.2) is 17.1 Å². The Hall–Kier alpha value is -1.38. The number of aryl methyl sites for hydroxylation is 1. The van der Waals surface area contributed by atoms with Gasteiger partial charge in [-0.05, 0) is 44.6 Å². The van der Waals surface area contributed by atoms with Gasteiger partial charge in [-0.25, -0.2) is 0 Å². The number of rotatable bonds is 4. The van der Waals surface area contributed by atoms with E-state index in [1.807, 2.05) is 0 Å². The van der Waals surface area contributed by atoms with Gasteiger partial charge in [0, 0.05) is 11.3 Å². The van der Waals surface area contributed by atoms with Crippen molar-refractivity contribution in [2.45, 2.75) is 58.0 Å². The van der Waals surface area contributed by atoms with Gasteiger partial charge in [-0.2, -0.15) is 5.26 Å². The molecule has 2 rings (SSSR count). The summed E-state index contributed by atoms with van der Waals surface area (Å²) in [6, 6.07) is 2.25. The van der Waals surface area contributed by atoms with E-state index in [1.54, 1.807) is 18.3 Å². The van der Waals surface area contributed by atoms with Crippen LogP contribution in [0.5, 0.6) is 0 Å². The van der Waals surface area contributed by atoms with Crippen LogP contribution < -0.4 is 5.32 Å². The summed E-state index contributed by atoms with van der Waals surface area (Å²) >= 11 is 1.55. The van der Waals surface area contributed by atoms with Gasteiger partial charge in [-0.3, -0.25) is 4.79 Å². The molecular weight excluding hydrogens is 272 g/mol. The molecule has 0 aromatic carbocycles. The lowest BCUT2D eigenvalue weighted by molar-refractivity contribution is -0.116. The third kappa shape index (κ3) is 3.59. The Kier molecular flexibility index (Phi) is 5.16. The fourth-order valence-corrected chi connectivity index (χ4v) is 3.73. The average Bonchev–Trinajstić information content (AvgIpc) is 2.58. The molecule has 0 saturated heterocycles. The lowest BCUT2D eigenvalue weighted by Crippen LogP contribution is -2.14. The van der Waals surface area contributed by atoms with Gasteiger partial charge in [0.2, 0.25) is 5.91 Å². The van der Waals surface area contributed by atoms with Crippen LogP contribution in [0.1, 0.15) is 55.0 Å². The molecule has 0 saturated carbocycles. The Morgan fingerprint density at radius 3 is 2.90 bits per heavy atom. The fourth-order valence-electron chi connectivity index (χ4n) is 2.48. The molecule has 4 nitrogen and oxygen atoms in total. The number of amides is 1. The molecule has 5 heteroatoms. The summed E-state index contributed by atoms with van der Waals surface area (Å²) < 4.78 is 0. The predicted octanol–water partition coefficient (Wildman–Crippen LogP) is 2.99. The van der Waals surface area contributed by atoms with E-state index in [9.17, 15) is 15.2 Å². The zero-order valence-electron chi connectivity index (χ0n) is 11.7. The first kappa shape index (κ1) is 15.0. The highest BCUT2D eigenvalue weighted by molar-refractivity contribution is 7.16. The number of carbonyl (C=O) groups is 1. The number of anilines is 1. The molecular formula is C15H20N2O2S. The van der Waals surface area contributed by atoms with E-state index in [4.69, 9.17) is 0 Å². The molecule has 1 amide bonds. The molecule has 1 heterocycles. The number of thiophene rings is 1. The molecule has 1 aromatic heterocycles. The quantitative estimate of drug-likeness (QED) is 0.838. The lowest BCUT2D eigenvalue weighted by atomic mass is 10.1. The number of fused-ring (bicyclic) bond motifs is 1. The highest BCUT2D eigenvalue weighted by Crippen LogP contribution is 2.37. The van der Waals surface area contributed by atoms with E-state index >= 15 is 0 Å². The van der Waals surface area contributed by atoms with Crippen molar-refractivity contribution < 1.29 is 9.90 Å². The van der Waals surface area contributed by atoms with Crippen molar-refractivity contribution in [3.05, 3.63) is 16.0 Å². The van der Waals surface area contributed by atoms with Gasteiger partial charge in [-0.1, -0.05) is 6.42 Å². The molecule has 0 fully saturated rings. The Labute approximate surface area is 123 Å². The Balaban J connectivity index is 2.12. The van der Waals surface area contributed by atoms with Crippen LogP contribution in [0, 0.1) is 11.3 Å². The van der Waals surface area contributed by atoms with Crippen LogP contribution in [-0.2, 0) is 17.6 Å². The molecule has 1 atom stereocenters. The van der Waals surface area contributed by atoms with Crippen molar-refractivity contribution in [2.75, 3.05) is 5.32 Å². The summed E-state index contributed by atoms with van der Waals surface area (Å²) in [6.45, 7) is 1.67. The summed E-state index contributed by atoms with van der Waals surface area (Å²) in [7, 11) is 0. The summed E-state index contributed by atoms with van der Waals surface area (Å²) in [5.74, 6) is -0.126. The molecule has 0 bridgehead atoms. The number of nitrogens with one attached hydrogen (secondary N) is 1. The standard InChI is InChI=1S/C15H20N2O2S/c1-10(18)7-8-14(19)17-15-12(9-16)11-5-3-2-4-6-13(11)20-15/h10,18H,2-8H2,1H3,(H,17,19). The highest BCUT2D eigenvalue weighted by atomic mass is 32.1. The van der Waals surface area contributed by atoms with Crippen molar-refractivity contribution in [1.82, 2.24) is 0 Å². The maximum Gasteiger partial charge on any atom is 0.225 e. The van der Waals surface area contributed by atoms with Crippen molar-refractivity contribution in [3.8, 4) is 6.07 Å². The maximum atomic E-state index is 11.8. The lowest BCUT2D eigenvalue weighted by Gasteiger charge is -2.05. The molecule has 2 N–H and O–H groups in total. The third-order valence-electron chi connectivity index (χ3n) is 3.58. The number of carbonyl (C=O) groups excluding carboxylic acids is 1. The minimum absolute atomic E-state index is 0.126. The molecule has 1 aliphatic carbocycles. The number of hydrogen-bond acceptors (Lipinski definition) is 4. The van der Waals surface area contributed by atoms with Crippen molar-refractivity contribution in [3.63, 3.8) is 0 Å². The second-order valence-electron chi connectivity index (χ2n) is 5.32. The molecule has 0 spiro atoms. The van der Waals surface area contributed by atoms with E-state index in [0.717, 1.165) is 31.2 Å². The van der Waals surface area contributed by atoms with Crippen LogP contribution in [0.25, 0.3) is 0 Å². The summed E-state index contributed by atoms with van der Waals surface area (Å²) in [5, 5.41) is 22.1. The van der Waals surface area contributed by atoms with E-state index in [2.05, 4.69) is 11.4 Å². The fraction of sp³-hybridized carbons (Fsp3) is 0.600. The van der Waals surface area contributed by atoms with E-state index < -0.39 is 6.10 Å². The van der Waals surface area contributed by atoms with Gasteiger partial charge in [0.15, 0.2) is 0 Å². The van der Waals surface area contributed by atoms with Crippen LogP contribution in [0.3, 0.4) is 0 Å². The smallest absolute Gasteiger partial charge is 0.225 e. The Morgan fingerprint density at radius 2 is 2.20 bits per heavy atom. The highest BCUT2D eigenvalue weighted by Gasteiger charge is 2.20. The summed E-state index contributed by atoms with van der Waals surface area (Å²) in [6.07, 6.45) is 5.70. The van der Waals surface area contributed by atoms with Gasteiger partial charge >= 0.3 is 0 Å². The van der Waals surface area contributed by atoms with Crippen LogP contribution in [0.15, 0.2) is 0 Å². The van der Waals surface area contributed by atoms with Gasteiger partial charge in [0.25, 0.3) is 0 Å². The van der Waals surface area contributed by atoms with Crippen LogP contribution in [0.2, 0.25) is 0 Å². The second kappa shape index (κ2) is 6.87. The second-order valence-corrected chi connectivity index (χ2v) is 6.42. The van der Waals surface area contributed by atoms with E-state index in [-0.39, 0.29) is 12.3 Å². The Bertz CT molecular complexity index is 529. The van der Waals surface area contributed by atoms with Gasteiger partial charge < -0.3 is 10.4 Å². The van der Waals surface area contributed by atoms with Gasteiger partial charge in [0.05, 0.1) is 11.7 Å². The average molecular weight is 292 g/mol. The number of aliphatic hydroxyl groups is 1. The van der Waals surface area contributed by atoms with Gasteiger partial charge in [0.1, 0.15) is 11.1 Å². The molecule has 1 aromatic rings. The van der Waals surface area contributed by atoms with Crippen LogP contribution in [0.4, 0.5) is 5.00 Å². The van der Waals surface area contributed by atoms with Crippen molar-refractivity contribution >= 4 is 22.2 Å². The third-order valence-corrected chi connectivity index (χ3v) is 4.78. The first-order valence-electron chi connectivity index (χ1n) is 7.14. The first-order chi connectivity index (χ1) is 9.61. The number of aliphatic hydroxyl groups excluding tert-OH is 1. The first-order valence-corrected chi connectivity index (χ1v) is 7.96. The topological polar surface area (TPSA) is 73.1 Å². The number of nitrogens with zero attached hydrogens (tertiary/aromatic N) is 1. The minimum atomic E-state index is -0.476. The van der Waals surface area contributed by atoms with Gasteiger partial charge in [-0.15, -0.1) is 11.3 Å². The summed E-state index contributed by atoms with van der Waals surface area (Å²) in [4.78, 5) is 13.1. The van der Waals surface area contributed by atoms with E-state index in [0.29, 0.717) is 17.0 Å². The van der Waals surface area contributed by atoms with Crippen LogP contribution >= 0.6 is 11.3 Å². The molecule has 0 aliphatic heterocycles. The molecule has 1 aliphatic rings. The number of nitriles is 1. The molecule has 20 heavy (non-hydrogen) atoms. The normalized spacial score (nSPS) is 15.8. The summed E-state index contributed by atoms with van der Waals surface area (Å²) in [5.41, 5.74) is 1.79. The maximum absolute atomic E-state index is 11.8. The SMILES string of the molecule is CC(O)CCC(=O)Nc1sc2c(c1C#N)CCCCC2. The monoisotopic (exact) mass is 292 g/mol. The molecule has 108 valence electrons. The molecule has 1 unspecified atom stereocenters. The zero-order valence-corrected chi connectivity index (χ0v) is 12.6.